The molecule has 2 fully saturated rings. The highest BCUT2D eigenvalue weighted by molar-refractivity contribution is 7.15. The summed E-state index contributed by atoms with van der Waals surface area (Å²) in [7, 11) is 0. The fourth-order valence-electron chi connectivity index (χ4n) is 11.5. The number of Topliss-reactive ketones (excluding diaryl/α,β-unsaturated/α-hetero) is 1. The van der Waals surface area contributed by atoms with E-state index in [-0.39, 0.29) is 82.1 Å². The third kappa shape index (κ3) is 13.6. The number of primary amides is 1. The van der Waals surface area contributed by atoms with Crippen LogP contribution in [0.5, 0.6) is 5.75 Å². The van der Waals surface area contributed by atoms with Gasteiger partial charge in [-0.2, -0.15) is 0 Å². The first kappa shape index (κ1) is 62.8. The summed E-state index contributed by atoms with van der Waals surface area (Å²) in [6, 6.07) is 15.3. The standard InChI is InChI=1S/C62H58N12O11S6/c1-28-46(77)22-74-50(28)60-72-44(27-90-60)58-68-40(23-88-58)49-35(16-17-37(65-49)57-71-41(24-89-57)52(80)64-21-31-8-12-33(13-9-31)62(84)85)55-69-42(25-86-55)53(81)66-38(20-47(63)78)59-73-48(29(2)91-59)45(76)19-36(51(79)32-6-4-3-5-7-32)56-70-43(26-87-56)54(82)67-39(61(74)83)18-30-10-14-34(75)15-11-30/h3-7,10-11,14-17,23-28,31,33,36,38-39,46,50-51,75,77,79H,8-9,12-13,18-22H2,1-2H3,(H2,63,78)(H,64,80)(H,66,81)(H,67,82)(H,84,85)/t28-,31?,33?,36-,38-,39-,46-,50-,51+/m0/s1. The van der Waals surface area contributed by atoms with E-state index in [0.29, 0.717) is 96.6 Å². The molecule has 468 valence electrons. The molecule has 3 aliphatic rings. The third-order valence-corrected chi connectivity index (χ3v) is 22.1. The number of carboxylic acids is 1. The zero-order valence-electron chi connectivity index (χ0n) is 48.5. The van der Waals surface area contributed by atoms with Crippen molar-refractivity contribution in [3.63, 3.8) is 0 Å². The van der Waals surface area contributed by atoms with Gasteiger partial charge in [-0.25, -0.2) is 34.9 Å². The van der Waals surface area contributed by atoms with Crippen molar-refractivity contribution in [1.82, 2.24) is 55.7 Å². The number of pyridine rings is 1. The van der Waals surface area contributed by atoms with Crippen LogP contribution >= 0.6 is 68.0 Å². The number of nitrogens with zero attached hydrogens (tertiary/aromatic N) is 8. The van der Waals surface area contributed by atoms with E-state index in [1.165, 1.54) is 56.4 Å². The second-order valence-electron chi connectivity index (χ2n) is 22.6. The average molecular weight is 1340 g/mol. The second kappa shape index (κ2) is 26.8. The molecule has 91 heavy (non-hydrogen) atoms. The molecular formula is C62H58N12O11S6. The van der Waals surface area contributed by atoms with Crippen molar-refractivity contribution in [2.45, 2.75) is 95.0 Å². The molecule has 1 saturated heterocycles. The summed E-state index contributed by atoms with van der Waals surface area (Å²) in [6.07, 6.45) is -0.558. The van der Waals surface area contributed by atoms with Crippen molar-refractivity contribution in [2.24, 2.45) is 23.5 Å². The average Bonchev–Trinajstić information content (AvgIpc) is 1.69. The predicted octanol–water partition coefficient (Wildman–Crippen LogP) is 8.80. The summed E-state index contributed by atoms with van der Waals surface area (Å²) in [6.45, 7) is 3.78. The number of fused-ring (bicyclic) bond motifs is 16. The third-order valence-electron chi connectivity index (χ3n) is 16.5. The number of carbonyl (C=O) groups excluding carboxylic acids is 6. The van der Waals surface area contributed by atoms with E-state index in [2.05, 4.69) is 20.9 Å². The number of phenolic OH excluding ortho intramolecular Hbond substituents is 1. The topological polar surface area (TPSA) is 356 Å². The SMILES string of the molecule is Cc1sc2nc1C(=O)C[C@@H]([C@H](O)c1ccccc1)c1nc(cs1)C(=O)N[C@@H](Cc1ccc(O)cc1)C(=O)N1C[C@H](O)[C@H](C)[C@H]1c1nc(cs1)-c1nc(cs1)-c1nc(-c3nc(C(=O)NCC4CCC(C(=O)O)CC4)cs3)ccc1-c1nc(cs1)C(=O)N[C@H]2CC(N)=O. The van der Waals surface area contributed by atoms with Crippen molar-refractivity contribution in [3.05, 3.63) is 147 Å². The van der Waals surface area contributed by atoms with Gasteiger partial charge in [-0.05, 0) is 73.9 Å². The number of aromatic hydroxyl groups is 1. The normalized spacial score (nSPS) is 21.7. The second-order valence-corrected chi connectivity index (χ2v) is 28.2. The van der Waals surface area contributed by atoms with Gasteiger partial charge in [0.1, 0.15) is 76.7 Å². The lowest BCUT2D eigenvalue weighted by Crippen LogP contribution is -2.50. The van der Waals surface area contributed by atoms with Crippen molar-refractivity contribution >= 4 is 109 Å². The number of aliphatic hydroxyl groups excluding tert-OH is 2. The molecule has 10 bridgehead atoms. The molecule has 7 aromatic heterocycles. The van der Waals surface area contributed by atoms with Crippen LogP contribution in [0.25, 0.3) is 43.4 Å². The van der Waals surface area contributed by atoms with E-state index >= 15 is 4.79 Å². The smallest absolute Gasteiger partial charge is 0.306 e. The first-order valence-electron chi connectivity index (χ1n) is 29.0. The van der Waals surface area contributed by atoms with E-state index in [4.69, 9.17) is 35.6 Å². The highest BCUT2D eigenvalue weighted by Gasteiger charge is 2.46. The molecule has 5 amide bonds. The Labute approximate surface area is 543 Å². The Morgan fingerprint density at radius 1 is 0.703 bits per heavy atom. The maximum absolute atomic E-state index is 15.2. The molecule has 7 atom stereocenters. The maximum Gasteiger partial charge on any atom is 0.306 e. The fraction of sp³-hybridized carbons (Fsp3) is 0.323. The lowest BCUT2D eigenvalue weighted by molar-refractivity contribution is -0.143. The Morgan fingerprint density at radius 2 is 1.35 bits per heavy atom. The molecule has 9 heterocycles. The summed E-state index contributed by atoms with van der Waals surface area (Å²) in [4.78, 5) is 132. The first-order chi connectivity index (χ1) is 43.8. The minimum atomic E-state index is -1.30. The van der Waals surface area contributed by atoms with Gasteiger partial charge in [0.15, 0.2) is 5.78 Å². The summed E-state index contributed by atoms with van der Waals surface area (Å²) in [5.41, 5.74) is 9.04. The fourth-order valence-corrected chi connectivity index (χ4v) is 16.9. The number of rotatable bonds is 11. The minimum Gasteiger partial charge on any atom is -0.508 e. The number of benzene rings is 2. The van der Waals surface area contributed by atoms with Gasteiger partial charge >= 0.3 is 5.97 Å². The Balaban J connectivity index is 0.921. The van der Waals surface area contributed by atoms with Gasteiger partial charge in [-0.1, -0.05) is 49.4 Å². The number of nitrogens with one attached hydrogen (secondary N) is 3. The van der Waals surface area contributed by atoms with Gasteiger partial charge in [0.2, 0.25) is 11.8 Å². The number of phenols is 1. The van der Waals surface area contributed by atoms with Gasteiger partial charge < -0.3 is 47.0 Å². The first-order valence-corrected chi connectivity index (χ1v) is 34.2. The van der Waals surface area contributed by atoms with Crippen LogP contribution in [0.15, 0.2) is 93.6 Å². The van der Waals surface area contributed by atoms with Crippen LogP contribution in [-0.2, 0) is 20.8 Å². The Hall–Kier alpha value is -8.42. The van der Waals surface area contributed by atoms with Gasteiger partial charge in [0.25, 0.3) is 17.7 Å². The molecule has 2 aliphatic heterocycles. The largest absolute Gasteiger partial charge is 0.508 e. The number of aliphatic hydroxyl groups is 2. The highest BCUT2D eigenvalue weighted by Crippen LogP contribution is 2.44. The molecule has 12 rings (SSSR count). The molecule has 1 aliphatic carbocycles. The molecule has 1 saturated carbocycles. The van der Waals surface area contributed by atoms with Gasteiger partial charge in [-0.15, -0.1) is 68.0 Å². The number of carboxylic acid groups (broad SMARTS) is 1. The lowest BCUT2D eigenvalue weighted by atomic mass is 9.82. The van der Waals surface area contributed by atoms with Crippen molar-refractivity contribution in [2.75, 3.05) is 13.1 Å². The van der Waals surface area contributed by atoms with Crippen molar-refractivity contribution in [1.29, 1.82) is 0 Å². The van der Waals surface area contributed by atoms with E-state index < -0.39 is 77.6 Å². The number of aryl methyl sites for hydroxylation is 1. The van der Waals surface area contributed by atoms with E-state index in [0.717, 1.165) is 34.0 Å². The summed E-state index contributed by atoms with van der Waals surface area (Å²) >= 11 is 7.04. The number of aliphatic carboxylic acids is 1. The Kier molecular flexibility index (Phi) is 18.5. The summed E-state index contributed by atoms with van der Waals surface area (Å²) in [5.74, 6) is -6.14. The van der Waals surface area contributed by atoms with E-state index in [9.17, 15) is 49.2 Å². The molecule has 9 aromatic rings. The van der Waals surface area contributed by atoms with E-state index in [1.807, 2.05) is 6.92 Å². The molecule has 29 heteroatoms. The van der Waals surface area contributed by atoms with Crippen LogP contribution in [0.2, 0.25) is 0 Å². The predicted molar refractivity (Wildman–Crippen MR) is 343 cm³/mol. The number of hydrogen-bond donors (Lipinski definition) is 8. The number of hydrogen-bond acceptors (Lipinski definition) is 23. The zero-order valence-corrected chi connectivity index (χ0v) is 53.4. The van der Waals surface area contributed by atoms with Crippen LogP contribution in [0.3, 0.4) is 0 Å². The highest BCUT2D eigenvalue weighted by atomic mass is 32.1. The van der Waals surface area contributed by atoms with Gasteiger partial charge in [0, 0.05) is 75.1 Å². The van der Waals surface area contributed by atoms with Crippen molar-refractivity contribution < 1.29 is 54.0 Å². The molecular weight excluding hydrogens is 1280 g/mol. The summed E-state index contributed by atoms with van der Waals surface area (Å²) < 4.78 is 0. The van der Waals surface area contributed by atoms with Crippen molar-refractivity contribution in [3.8, 4) is 49.1 Å². The number of carbonyl (C=O) groups is 7. The van der Waals surface area contributed by atoms with Crippen LogP contribution in [-0.4, -0.2) is 127 Å². The Bertz CT molecular complexity index is 4230. The molecule has 0 spiro atoms. The number of ketones is 1. The van der Waals surface area contributed by atoms with Crippen LogP contribution < -0.4 is 21.7 Å². The van der Waals surface area contributed by atoms with Crippen LogP contribution in [0, 0.1) is 24.7 Å². The minimum absolute atomic E-state index is 0.00125. The number of aromatic nitrogens is 7. The van der Waals surface area contributed by atoms with E-state index in [1.54, 1.807) is 83.0 Å². The number of nitrogens with two attached hydrogens (primary N) is 1. The lowest BCUT2D eigenvalue weighted by Gasteiger charge is -2.29. The molecule has 2 aromatic carbocycles. The molecule has 0 unspecified atom stereocenters. The van der Waals surface area contributed by atoms with Gasteiger partial charge in [0.05, 0.1) is 47.3 Å². The quantitative estimate of drug-likeness (QED) is 0.0599. The maximum atomic E-state index is 15.2. The zero-order chi connectivity index (χ0) is 63.8. The molecule has 9 N–H and O–H groups in total. The number of amides is 5. The summed E-state index contributed by atoms with van der Waals surface area (Å²) in [5, 5.41) is 62.5. The number of thiazole rings is 6. The van der Waals surface area contributed by atoms with Crippen LogP contribution in [0.1, 0.15) is 143 Å². The molecule has 23 nitrogen and oxygen atoms in total. The van der Waals surface area contributed by atoms with Gasteiger partial charge in [-0.3, -0.25) is 33.6 Å². The monoisotopic (exact) mass is 1340 g/mol. The molecule has 0 radical (unpaired) electrons. The Morgan fingerprint density at radius 3 is 2.10 bits per heavy atom. The van der Waals surface area contributed by atoms with Crippen LogP contribution in [0.4, 0.5) is 0 Å².